The minimum absolute atomic E-state index is 0.0442. The largest absolute Gasteiger partial charge is 0.293 e. The number of anilines is 1. The highest BCUT2D eigenvalue weighted by Gasteiger charge is 2.34. The number of hydrogen-bond acceptors (Lipinski definition) is 6. The third kappa shape index (κ3) is 3.03. The SMILES string of the molecule is CC(=O)SCC1CC(=O)N(c2nc3c(s2)C(=O)CCC3)C1. The topological polar surface area (TPSA) is 67.3 Å². The Morgan fingerprint density at radius 2 is 2.24 bits per heavy atom. The lowest BCUT2D eigenvalue weighted by atomic mass is 10.0. The van der Waals surface area contributed by atoms with E-state index in [4.69, 9.17) is 0 Å². The molecule has 0 N–H and O–H groups in total. The summed E-state index contributed by atoms with van der Waals surface area (Å²) in [5.74, 6) is 1.04. The van der Waals surface area contributed by atoms with E-state index in [1.165, 1.54) is 23.1 Å². The Kier molecular flexibility index (Phi) is 4.12. The number of fused-ring (bicyclic) bond motifs is 1. The van der Waals surface area contributed by atoms with Crippen LogP contribution in [0.1, 0.15) is 41.6 Å². The zero-order chi connectivity index (χ0) is 15.0. The van der Waals surface area contributed by atoms with Gasteiger partial charge >= 0.3 is 0 Å². The second-order valence-corrected chi connectivity index (χ2v) is 7.60. The quantitative estimate of drug-likeness (QED) is 0.853. The number of hydrogen-bond donors (Lipinski definition) is 0. The van der Waals surface area contributed by atoms with E-state index in [0.717, 1.165) is 23.4 Å². The van der Waals surface area contributed by atoms with Gasteiger partial charge in [-0.05, 0) is 18.8 Å². The highest BCUT2D eigenvalue weighted by Crippen LogP contribution is 2.35. The molecule has 21 heavy (non-hydrogen) atoms. The number of carbonyl (C=O) groups excluding carboxylic acids is 3. The van der Waals surface area contributed by atoms with Crippen molar-refractivity contribution in [1.82, 2.24) is 4.98 Å². The number of amides is 1. The fraction of sp³-hybridized carbons (Fsp3) is 0.571. The third-order valence-electron chi connectivity index (χ3n) is 3.72. The van der Waals surface area contributed by atoms with Crippen LogP contribution < -0.4 is 4.90 Å². The fourth-order valence-corrected chi connectivity index (χ4v) is 4.49. The van der Waals surface area contributed by atoms with Gasteiger partial charge in [-0.2, -0.15) is 0 Å². The van der Waals surface area contributed by atoms with Gasteiger partial charge in [-0.15, -0.1) is 0 Å². The summed E-state index contributed by atoms with van der Waals surface area (Å²) in [5, 5.41) is 0.729. The standard InChI is InChI=1S/C14H16N2O3S2/c1-8(17)20-7-9-5-12(19)16(6-9)14-15-10-3-2-4-11(18)13(10)21-14/h9H,2-7H2,1H3. The lowest BCUT2D eigenvalue weighted by Gasteiger charge is -2.12. The van der Waals surface area contributed by atoms with Crippen molar-refractivity contribution in [3.8, 4) is 0 Å². The van der Waals surface area contributed by atoms with Gasteiger partial charge in [-0.1, -0.05) is 23.1 Å². The molecule has 1 unspecified atom stereocenters. The van der Waals surface area contributed by atoms with Crippen LogP contribution in [0.15, 0.2) is 0 Å². The van der Waals surface area contributed by atoms with E-state index >= 15 is 0 Å². The molecule has 0 radical (unpaired) electrons. The van der Waals surface area contributed by atoms with Gasteiger partial charge in [0.05, 0.1) is 10.6 Å². The third-order valence-corrected chi connectivity index (χ3v) is 5.92. The monoisotopic (exact) mass is 324 g/mol. The predicted octanol–water partition coefficient (Wildman–Crippen LogP) is 2.29. The molecular formula is C14H16N2O3S2. The first-order valence-electron chi connectivity index (χ1n) is 7.01. The molecule has 1 atom stereocenters. The van der Waals surface area contributed by atoms with Gasteiger partial charge in [0.1, 0.15) is 0 Å². The van der Waals surface area contributed by atoms with Crippen LogP contribution in [0, 0.1) is 5.92 Å². The first-order chi connectivity index (χ1) is 10.0. The number of thioether (sulfide) groups is 1. The molecule has 2 aliphatic rings. The Labute approximate surface area is 131 Å². The zero-order valence-electron chi connectivity index (χ0n) is 11.8. The second-order valence-electron chi connectivity index (χ2n) is 5.43. The van der Waals surface area contributed by atoms with Crippen molar-refractivity contribution < 1.29 is 14.4 Å². The molecule has 5 nitrogen and oxygen atoms in total. The maximum absolute atomic E-state index is 12.1. The van der Waals surface area contributed by atoms with Crippen molar-refractivity contribution in [2.24, 2.45) is 5.92 Å². The number of aromatic nitrogens is 1. The van der Waals surface area contributed by atoms with Crippen molar-refractivity contribution in [2.45, 2.75) is 32.6 Å². The number of thiazole rings is 1. The molecule has 2 heterocycles. The van der Waals surface area contributed by atoms with Crippen LogP contribution in [-0.2, 0) is 16.0 Å². The lowest BCUT2D eigenvalue weighted by molar-refractivity contribution is -0.117. The smallest absolute Gasteiger partial charge is 0.229 e. The van der Waals surface area contributed by atoms with Crippen LogP contribution in [0.25, 0.3) is 0 Å². The number of Topliss-reactive ketones (excluding diaryl/α,β-unsaturated/α-hetero) is 1. The summed E-state index contributed by atoms with van der Waals surface area (Å²) in [6.45, 7) is 2.14. The molecular weight excluding hydrogens is 308 g/mol. The van der Waals surface area contributed by atoms with Crippen LogP contribution in [0.5, 0.6) is 0 Å². The van der Waals surface area contributed by atoms with Crippen LogP contribution >= 0.6 is 23.1 Å². The first-order valence-corrected chi connectivity index (χ1v) is 8.81. The Balaban J connectivity index is 1.74. The highest BCUT2D eigenvalue weighted by atomic mass is 32.2. The van der Waals surface area contributed by atoms with E-state index in [1.807, 2.05) is 0 Å². The number of nitrogens with zero attached hydrogens (tertiary/aromatic N) is 2. The van der Waals surface area contributed by atoms with Crippen molar-refractivity contribution in [3.63, 3.8) is 0 Å². The van der Waals surface area contributed by atoms with Gasteiger partial charge in [0.15, 0.2) is 16.0 Å². The van der Waals surface area contributed by atoms with Crippen LogP contribution in [0.2, 0.25) is 0 Å². The normalized spacial score (nSPS) is 21.8. The molecule has 1 aromatic rings. The molecule has 1 saturated heterocycles. The Hall–Kier alpha value is -1.21. The Morgan fingerprint density at radius 1 is 1.43 bits per heavy atom. The van der Waals surface area contributed by atoms with Crippen LogP contribution in [-0.4, -0.2) is 34.1 Å². The minimum atomic E-state index is 0.0442. The Morgan fingerprint density at radius 3 is 2.95 bits per heavy atom. The summed E-state index contributed by atoms with van der Waals surface area (Å²) >= 11 is 2.61. The maximum Gasteiger partial charge on any atom is 0.229 e. The molecule has 0 aromatic carbocycles. The van der Waals surface area contributed by atoms with Gasteiger partial charge in [0.25, 0.3) is 0 Å². The molecule has 112 valence electrons. The van der Waals surface area contributed by atoms with Crippen molar-refractivity contribution >= 4 is 45.0 Å². The van der Waals surface area contributed by atoms with Crippen molar-refractivity contribution in [3.05, 3.63) is 10.6 Å². The zero-order valence-corrected chi connectivity index (χ0v) is 13.4. The number of aryl methyl sites for hydroxylation is 1. The number of carbonyl (C=O) groups is 3. The second kappa shape index (κ2) is 5.88. The molecule has 1 fully saturated rings. The molecule has 7 heteroatoms. The minimum Gasteiger partial charge on any atom is -0.293 e. The van der Waals surface area contributed by atoms with Crippen LogP contribution in [0.4, 0.5) is 5.13 Å². The molecule has 0 bridgehead atoms. The van der Waals surface area contributed by atoms with E-state index < -0.39 is 0 Å². The molecule has 3 rings (SSSR count). The molecule has 1 aliphatic carbocycles. The van der Waals surface area contributed by atoms with Gasteiger partial charge < -0.3 is 0 Å². The summed E-state index contributed by atoms with van der Waals surface area (Å²) in [5.41, 5.74) is 0.848. The predicted molar refractivity (Wildman–Crippen MR) is 83.0 cm³/mol. The molecule has 0 saturated carbocycles. The maximum atomic E-state index is 12.1. The summed E-state index contributed by atoms with van der Waals surface area (Å²) < 4.78 is 0. The van der Waals surface area contributed by atoms with Gasteiger partial charge in [-0.25, -0.2) is 4.98 Å². The van der Waals surface area contributed by atoms with E-state index in [0.29, 0.717) is 30.3 Å². The highest BCUT2D eigenvalue weighted by molar-refractivity contribution is 8.13. The van der Waals surface area contributed by atoms with E-state index in [2.05, 4.69) is 4.98 Å². The lowest BCUT2D eigenvalue weighted by Crippen LogP contribution is -2.24. The Bertz CT molecular complexity index is 611. The summed E-state index contributed by atoms with van der Waals surface area (Å²) in [6.07, 6.45) is 2.71. The van der Waals surface area contributed by atoms with Gasteiger partial charge in [-0.3, -0.25) is 19.3 Å². The molecule has 0 spiro atoms. The van der Waals surface area contributed by atoms with Crippen molar-refractivity contribution in [2.75, 3.05) is 17.2 Å². The number of rotatable bonds is 3. The average molecular weight is 324 g/mol. The number of ketones is 1. The van der Waals surface area contributed by atoms with E-state index in [9.17, 15) is 14.4 Å². The summed E-state index contributed by atoms with van der Waals surface area (Å²) in [7, 11) is 0. The summed E-state index contributed by atoms with van der Waals surface area (Å²) in [6, 6.07) is 0. The van der Waals surface area contributed by atoms with E-state index in [-0.39, 0.29) is 22.7 Å². The summed E-state index contributed by atoms with van der Waals surface area (Å²) in [4.78, 5) is 41.9. The van der Waals surface area contributed by atoms with E-state index in [1.54, 1.807) is 11.8 Å². The van der Waals surface area contributed by atoms with Crippen molar-refractivity contribution in [1.29, 1.82) is 0 Å². The fourth-order valence-electron chi connectivity index (χ4n) is 2.69. The molecule has 1 aliphatic heterocycles. The molecule has 1 amide bonds. The average Bonchev–Trinajstić information content (AvgIpc) is 3.00. The van der Waals surface area contributed by atoms with Crippen LogP contribution in [0.3, 0.4) is 0 Å². The van der Waals surface area contributed by atoms with Gasteiger partial charge in [0.2, 0.25) is 5.91 Å². The van der Waals surface area contributed by atoms with Gasteiger partial charge in [0, 0.05) is 32.1 Å². The molecule has 1 aromatic heterocycles. The first kappa shape index (κ1) is 14.7.